The Kier molecular flexibility index (Phi) is 8.03. The van der Waals surface area contributed by atoms with E-state index in [9.17, 15) is 0 Å². The van der Waals surface area contributed by atoms with Crippen molar-refractivity contribution >= 4 is 0 Å². The van der Waals surface area contributed by atoms with Crippen molar-refractivity contribution in [3.05, 3.63) is 0 Å². The van der Waals surface area contributed by atoms with Gasteiger partial charge in [0.2, 0.25) is 0 Å². The highest BCUT2D eigenvalue weighted by molar-refractivity contribution is 4.57. The lowest BCUT2D eigenvalue weighted by Crippen LogP contribution is -2.04. The first-order chi connectivity index (χ1) is 5.35. The van der Waals surface area contributed by atoms with Crippen molar-refractivity contribution in [3.8, 4) is 0 Å². The Morgan fingerprint density at radius 3 is 2.18 bits per heavy atom. The summed E-state index contributed by atoms with van der Waals surface area (Å²) in [6.07, 6.45) is 8.02. The van der Waals surface area contributed by atoms with E-state index in [-0.39, 0.29) is 0 Å². The minimum Gasteiger partial charge on any atom is -0.330 e. The molecule has 1 nitrogen and oxygen atoms in total. The average Bonchev–Trinajstić information content (AvgIpc) is 2.05. The summed E-state index contributed by atoms with van der Waals surface area (Å²) in [6.45, 7) is 5.41. The molecule has 0 aliphatic rings. The van der Waals surface area contributed by atoms with Crippen LogP contribution >= 0.6 is 0 Å². The third-order valence-corrected chi connectivity index (χ3v) is 2.36. The fourth-order valence-electron chi connectivity index (χ4n) is 1.45. The van der Waals surface area contributed by atoms with Gasteiger partial charge in [-0.1, -0.05) is 39.5 Å². The highest BCUT2D eigenvalue weighted by Crippen LogP contribution is 2.17. The molecule has 2 N–H and O–H groups in total. The van der Waals surface area contributed by atoms with E-state index in [0.29, 0.717) is 0 Å². The van der Waals surface area contributed by atoms with Crippen LogP contribution in [0.4, 0.5) is 0 Å². The fraction of sp³-hybridized carbons (Fsp3) is 1.00. The molecule has 0 amide bonds. The van der Waals surface area contributed by atoms with E-state index in [1.165, 1.54) is 38.5 Å². The van der Waals surface area contributed by atoms with Gasteiger partial charge in [0.15, 0.2) is 0 Å². The molecule has 68 valence electrons. The van der Waals surface area contributed by atoms with Gasteiger partial charge in [-0.05, 0) is 25.3 Å². The van der Waals surface area contributed by atoms with Crippen LogP contribution in [0.1, 0.15) is 52.4 Å². The molecule has 0 saturated heterocycles. The normalized spacial score (nSPS) is 13.4. The van der Waals surface area contributed by atoms with Crippen LogP contribution in [0.2, 0.25) is 0 Å². The molecule has 0 heterocycles. The summed E-state index contributed by atoms with van der Waals surface area (Å²) in [5.41, 5.74) is 5.46. The van der Waals surface area contributed by atoms with Crippen LogP contribution in [0.3, 0.4) is 0 Å². The summed E-state index contributed by atoms with van der Waals surface area (Å²) < 4.78 is 0. The van der Waals surface area contributed by atoms with Crippen LogP contribution in [0.5, 0.6) is 0 Å². The molecule has 0 aromatic carbocycles. The Morgan fingerprint density at radius 1 is 1.09 bits per heavy atom. The molecular formula is C10H23N. The van der Waals surface area contributed by atoms with Crippen molar-refractivity contribution in [2.75, 3.05) is 6.54 Å². The number of hydrogen-bond acceptors (Lipinski definition) is 1. The second kappa shape index (κ2) is 8.06. The fourth-order valence-corrected chi connectivity index (χ4v) is 1.45. The van der Waals surface area contributed by atoms with Crippen LogP contribution in [0, 0.1) is 5.92 Å². The Bertz CT molecular complexity index is 63.3. The van der Waals surface area contributed by atoms with Crippen molar-refractivity contribution in [1.82, 2.24) is 0 Å². The number of unbranched alkanes of at least 4 members (excludes halogenated alkanes) is 1. The molecule has 0 aromatic heterocycles. The number of rotatable bonds is 7. The molecule has 0 bridgehead atoms. The van der Waals surface area contributed by atoms with E-state index in [1.54, 1.807) is 0 Å². The molecule has 0 saturated carbocycles. The maximum atomic E-state index is 5.46. The van der Waals surface area contributed by atoms with Crippen molar-refractivity contribution in [3.63, 3.8) is 0 Å². The average molecular weight is 157 g/mol. The zero-order valence-electron chi connectivity index (χ0n) is 8.10. The van der Waals surface area contributed by atoms with Crippen LogP contribution in [-0.2, 0) is 0 Å². The SMILES string of the molecule is CCCCC(CC)CCCN. The minimum absolute atomic E-state index is 0.864. The van der Waals surface area contributed by atoms with Gasteiger partial charge in [-0.3, -0.25) is 0 Å². The summed E-state index contributed by atoms with van der Waals surface area (Å²) in [5, 5.41) is 0. The predicted molar refractivity (Wildman–Crippen MR) is 51.6 cm³/mol. The van der Waals surface area contributed by atoms with Gasteiger partial charge in [0.1, 0.15) is 0 Å². The predicted octanol–water partition coefficient (Wildman–Crippen LogP) is 2.94. The van der Waals surface area contributed by atoms with Crippen molar-refractivity contribution < 1.29 is 0 Å². The molecule has 1 heteroatoms. The second-order valence-corrected chi connectivity index (χ2v) is 3.35. The standard InChI is InChI=1S/C10H23N/c1-3-5-7-10(4-2)8-6-9-11/h10H,3-9,11H2,1-2H3. The van der Waals surface area contributed by atoms with Crippen molar-refractivity contribution in [2.45, 2.75) is 52.4 Å². The maximum absolute atomic E-state index is 5.46. The van der Waals surface area contributed by atoms with Crippen LogP contribution in [0.25, 0.3) is 0 Å². The summed E-state index contributed by atoms with van der Waals surface area (Å²) in [4.78, 5) is 0. The molecule has 0 fully saturated rings. The van der Waals surface area contributed by atoms with Gasteiger partial charge in [-0.15, -0.1) is 0 Å². The second-order valence-electron chi connectivity index (χ2n) is 3.35. The largest absolute Gasteiger partial charge is 0.330 e. The zero-order valence-corrected chi connectivity index (χ0v) is 8.10. The Hall–Kier alpha value is -0.0400. The third kappa shape index (κ3) is 6.36. The van der Waals surface area contributed by atoms with E-state index < -0.39 is 0 Å². The third-order valence-electron chi connectivity index (χ3n) is 2.36. The summed E-state index contributed by atoms with van der Waals surface area (Å²) >= 11 is 0. The monoisotopic (exact) mass is 157 g/mol. The van der Waals surface area contributed by atoms with Gasteiger partial charge in [-0.2, -0.15) is 0 Å². The van der Waals surface area contributed by atoms with E-state index in [1.807, 2.05) is 0 Å². The first-order valence-corrected chi connectivity index (χ1v) is 5.05. The molecule has 0 aliphatic heterocycles. The van der Waals surface area contributed by atoms with Gasteiger partial charge in [-0.25, -0.2) is 0 Å². The van der Waals surface area contributed by atoms with Gasteiger partial charge < -0.3 is 5.73 Å². The number of hydrogen-bond donors (Lipinski definition) is 1. The lowest BCUT2D eigenvalue weighted by atomic mass is 9.94. The molecule has 11 heavy (non-hydrogen) atoms. The summed E-state index contributed by atoms with van der Waals surface area (Å²) in [6, 6.07) is 0. The molecule has 0 rings (SSSR count). The lowest BCUT2D eigenvalue weighted by Gasteiger charge is -2.12. The van der Waals surface area contributed by atoms with Crippen molar-refractivity contribution in [1.29, 1.82) is 0 Å². The Morgan fingerprint density at radius 2 is 1.73 bits per heavy atom. The van der Waals surface area contributed by atoms with Crippen LogP contribution in [0.15, 0.2) is 0 Å². The van der Waals surface area contributed by atoms with Gasteiger partial charge in [0.25, 0.3) is 0 Å². The Balaban J connectivity index is 3.25. The maximum Gasteiger partial charge on any atom is -0.00772 e. The highest BCUT2D eigenvalue weighted by Gasteiger charge is 2.03. The molecule has 0 radical (unpaired) electrons. The van der Waals surface area contributed by atoms with E-state index >= 15 is 0 Å². The first kappa shape index (κ1) is 11.0. The van der Waals surface area contributed by atoms with Gasteiger partial charge in [0.05, 0.1) is 0 Å². The van der Waals surface area contributed by atoms with Crippen molar-refractivity contribution in [2.24, 2.45) is 11.7 Å². The van der Waals surface area contributed by atoms with Crippen LogP contribution in [-0.4, -0.2) is 6.54 Å². The summed E-state index contributed by atoms with van der Waals surface area (Å²) in [5.74, 6) is 0.943. The van der Waals surface area contributed by atoms with Gasteiger partial charge in [0, 0.05) is 0 Å². The molecule has 0 spiro atoms. The molecule has 1 unspecified atom stereocenters. The molecular weight excluding hydrogens is 134 g/mol. The number of nitrogens with two attached hydrogens (primary N) is 1. The van der Waals surface area contributed by atoms with Crippen LogP contribution < -0.4 is 5.73 Å². The first-order valence-electron chi connectivity index (χ1n) is 5.05. The highest BCUT2D eigenvalue weighted by atomic mass is 14.5. The Labute approximate surface area is 71.4 Å². The minimum atomic E-state index is 0.864. The molecule has 0 aliphatic carbocycles. The van der Waals surface area contributed by atoms with E-state index in [4.69, 9.17) is 5.73 Å². The lowest BCUT2D eigenvalue weighted by molar-refractivity contribution is 0.412. The molecule has 1 atom stereocenters. The topological polar surface area (TPSA) is 26.0 Å². The smallest absolute Gasteiger partial charge is 0.00772 e. The van der Waals surface area contributed by atoms with E-state index in [2.05, 4.69) is 13.8 Å². The summed E-state index contributed by atoms with van der Waals surface area (Å²) in [7, 11) is 0. The molecule has 0 aromatic rings. The van der Waals surface area contributed by atoms with Gasteiger partial charge >= 0.3 is 0 Å². The van der Waals surface area contributed by atoms with E-state index in [0.717, 1.165) is 12.5 Å². The zero-order chi connectivity index (χ0) is 8.53. The quantitative estimate of drug-likeness (QED) is 0.604.